The summed E-state index contributed by atoms with van der Waals surface area (Å²) < 4.78 is 8.68. The molecule has 3 aromatic heterocycles. The van der Waals surface area contributed by atoms with E-state index in [1.165, 1.54) is 0 Å². The molecule has 20 heavy (non-hydrogen) atoms. The van der Waals surface area contributed by atoms with Gasteiger partial charge in [0.25, 0.3) is 5.56 Å². The van der Waals surface area contributed by atoms with Gasteiger partial charge in [0, 0.05) is 0 Å². The van der Waals surface area contributed by atoms with Crippen molar-refractivity contribution < 1.29 is 4.42 Å². The maximum Gasteiger partial charge on any atom is 0.263 e. The number of hydrogen-bond donors (Lipinski definition) is 0. The van der Waals surface area contributed by atoms with Gasteiger partial charge in [0.15, 0.2) is 0 Å². The van der Waals surface area contributed by atoms with E-state index in [0.717, 1.165) is 5.52 Å². The van der Waals surface area contributed by atoms with E-state index < -0.39 is 0 Å². The van der Waals surface area contributed by atoms with Gasteiger partial charge in [-0.3, -0.25) is 13.8 Å². The predicted octanol–water partition coefficient (Wildman–Crippen LogP) is 1.69. The van der Waals surface area contributed by atoms with Crippen molar-refractivity contribution in [2.24, 2.45) is 0 Å². The lowest BCUT2D eigenvalue weighted by atomic mass is 10.2. The zero-order chi connectivity index (χ0) is 13.5. The summed E-state index contributed by atoms with van der Waals surface area (Å²) >= 11 is 0. The highest BCUT2D eigenvalue weighted by Crippen LogP contribution is 2.13. The SMILES string of the molecule is O=c1c2ccccc2n2cnnc2n1Cc1ccco1. The number of aromatic nitrogens is 4. The first-order valence-corrected chi connectivity index (χ1v) is 6.18. The van der Waals surface area contributed by atoms with Crippen LogP contribution in [0.1, 0.15) is 5.76 Å². The lowest BCUT2D eigenvalue weighted by Gasteiger charge is -2.08. The van der Waals surface area contributed by atoms with E-state index in [1.54, 1.807) is 33.7 Å². The van der Waals surface area contributed by atoms with E-state index in [1.807, 2.05) is 24.3 Å². The fourth-order valence-corrected chi connectivity index (χ4v) is 2.38. The zero-order valence-corrected chi connectivity index (χ0v) is 10.4. The molecule has 1 aromatic carbocycles. The summed E-state index contributed by atoms with van der Waals surface area (Å²) in [6.45, 7) is 0.332. The molecule has 0 radical (unpaired) electrons. The minimum atomic E-state index is -0.0995. The van der Waals surface area contributed by atoms with Gasteiger partial charge in [-0.05, 0) is 24.3 Å². The highest BCUT2D eigenvalue weighted by atomic mass is 16.3. The third-order valence-corrected chi connectivity index (χ3v) is 3.30. The number of nitrogens with zero attached hydrogens (tertiary/aromatic N) is 4. The summed E-state index contributed by atoms with van der Waals surface area (Å²) in [5.74, 6) is 1.21. The zero-order valence-electron chi connectivity index (χ0n) is 10.4. The Kier molecular flexibility index (Phi) is 2.23. The molecule has 0 bridgehead atoms. The minimum absolute atomic E-state index is 0.0995. The molecule has 0 atom stereocenters. The largest absolute Gasteiger partial charge is 0.467 e. The minimum Gasteiger partial charge on any atom is -0.467 e. The van der Waals surface area contributed by atoms with E-state index >= 15 is 0 Å². The van der Waals surface area contributed by atoms with Crippen molar-refractivity contribution in [1.82, 2.24) is 19.2 Å². The molecule has 0 unspecified atom stereocenters. The number of hydrogen-bond acceptors (Lipinski definition) is 4. The summed E-state index contributed by atoms with van der Waals surface area (Å²) in [7, 11) is 0. The summed E-state index contributed by atoms with van der Waals surface area (Å²) in [5.41, 5.74) is 0.700. The molecule has 0 N–H and O–H groups in total. The van der Waals surface area contributed by atoms with Crippen LogP contribution in [0.25, 0.3) is 16.7 Å². The molecule has 0 saturated carbocycles. The molecular formula is C14H10N4O2. The molecule has 4 rings (SSSR count). The Balaban J connectivity index is 2.09. The molecule has 6 nitrogen and oxygen atoms in total. The average molecular weight is 266 g/mol. The lowest BCUT2D eigenvalue weighted by molar-refractivity contribution is 0.492. The second-order valence-corrected chi connectivity index (χ2v) is 4.49. The summed E-state index contributed by atoms with van der Waals surface area (Å²) in [6.07, 6.45) is 3.19. The Hall–Kier alpha value is -2.89. The van der Waals surface area contributed by atoms with Crippen molar-refractivity contribution in [2.75, 3.05) is 0 Å². The van der Waals surface area contributed by atoms with E-state index in [2.05, 4.69) is 10.2 Å². The third-order valence-electron chi connectivity index (χ3n) is 3.30. The van der Waals surface area contributed by atoms with Crippen molar-refractivity contribution >= 4 is 16.7 Å². The Labute approximate surface area is 112 Å². The van der Waals surface area contributed by atoms with Gasteiger partial charge in [-0.2, -0.15) is 0 Å². The van der Waals surface area contributed by atoms with Crippen molar-refractivity contribution in [3.8, 4) is 0 Å². The summed E-state index contributed by atoms with van der Waals surface area (Å²) in [6, 6.07) is 11.0. The smallest absolute Gasteiger partial charge is 0.263 e. The molecule has 4 aromatic rings. The molecule has 0 aliphatic heterocycles. The van der Waals surface area contributed by atoms with E-state index in [4.69, 9.17) is 4.42 Å². The van der Waals surface area contributed by atoms with Gasteiger partial charge in [-0.15, -0.1) is 10.2 Å². The van der Waals surface area contributed by atoms with Gasteiger partial charge >= 0.3 is 0 Å². The van der Waals surface area contributed by atoms with Crippen molar-refractivity contribution in [3.63, 3.8) is 0 Å². The van der Waals surface area contributed by atoms with Crippen molar-refractivity contribution in [3.05, 3.63) is 65.1 Å². The molecule has 0 amide bonds. The van der Waals surface area contributed by atoms with Crippen LogP contribution in [-0.4, -0.2) is 19.2 Å². The maximum atomic E-state index is 12.6. The topological polar surface area (TPSA) is 65.3 Å². The van der Waals surface area contributed by atoms with Gasteiger partial charge in [0.05, 0.1) is 23.7 Å². The van der Waals surface area contributed by atoms with Crippen LogP contribution in [0.3, 0.4) is 0 Å². The first-order valence-electron chi connectivity index (χ1n) is 6.18. The van der Waals surface area contributed by atoms with Gasteiger partial charge in [-0.25, -0.2) is 0 Å². The van der Waals surface area contributed by atoms with Crippen LogP contribution < -0.4 is 5.56 Å². The Morgan fingerprint density at radius 2 is 2.05 bits per heavy atom. The monoisotopic (exact) mass is 266 g/mol. The Bertz CT molecular complexity index is 950. The van der Waals surface area contributed by atoms with Crippen molar-refractivity contribution in [2.45, 2.75) is 6.54 Å². The second-order valence-electron chi connectivity index (χ2n) is 4.49. The lowest BCUT2D eigenvalue weighted by Crippen LogP contribution is -2.23. The van der Waals surface area contributed by atoms with E-state index in [-0.39, 0.29) is 5.56 Å². The number of benzene rings is 1. The maximum absolute atomic E-state index is 12.6. The van der Waals surface area contributed by atoms with Crippen LogP contribution in [0.4, 0.5) is 0 Å². The third kappa shape index (κ3) is 1.48. The van der Waals surface area contributed by atoms with Crippen LogP contribution in [0.2, 0.25) is 0 Å². The average Bonchev–Trinajstić information content (AvgIpc) is 3.14. The number of para-hydroxylation sites is 1. The fourth-order valence-electron chi connectivity index (χ4n) is 2.38. The molecule has 98 valence electrons. The first-order chi connectivity index (χ1) is 9.84. The molecule has 0 fully saturated rings. The highest BCUT2D eigenvalue weighted by molar-refractivity contribution is 5.79. The van der Waals surface area contributed by atoms with Crippen molar-refractivity contribution in [1.29, 1.82) is 0 Å². The number of fused-ring (bicyclic) bond motifs is 3. The molecule has 0 aliphatic carbocycles. The van der Waals surface area contributed by atoms with Crippen LogP contribution >= 0.6 is 0 Å². The molecule has 0 spiro atoms. The Morgan fingerprint density at radius 1 is 1.15 bits per heavy atom. The van der Waals surface area contributed by atoms with E-state index in [9.17, 15) is 4.79 Å². The van der Waals surface area contributed by atoms with Gasteiger partial charge in [0.1, 0.15) is 12.1 Å². The van der Waals surface area contributed by atoms with Crippen LogP contribution in [0, 0.1) is 0 Å². The fraction of sp³-hybridized carbons (Fsp3) is 0.0714. The standard InChI is InChI=1S/C14H10N4O2/c19-13-11-5-1-2-6-12(11)18-9-15-16-14(18)17(13)8-10-4-3-7-20-10/h1-7,9H,8H2. The molecule has 6 heteroatoms. The van der Waals surface area contributed by atoms with E-state index in [0.29, 0.717) is 23.5 Å². The van der Waals surface area contributed by atoms with Gasteiger partial charge in [0.2, 0.25) is 5.78 Å². The van der Waals surface area contributed by atoms with Gasteiger partial charge in [-0.1, -0.05) is 12.1 Å². The van der Waals surface area contributed by atoms with Crippen LogP contribution in [-0.2, 0) is 6.54 Å². The van der Waals surface area contributed by atoms with Gasteiger partial charge < -0.3 is 4.42 Å². The highest BCUT2D eigenvalue weighted by Gasteiger charge is 2.12. The number of rotatable bonds is 2. The first kappa shape index (κ1) is 11.0. The normalized spacial score (nSPS) is 11.4. The predicted molar refractivity (Wildman–Crippen MR) is 72.6 cm³/mol. The van der Waals surface area contributed by atoms with Crippen LogP contribution in [0.5, 0.6) is 0 Å². The molecule has 3 heterocycles. The molecular weight excluding hydrogens is 256 g/mol. The summed E-state index contributed by atoms with van der Waals surface area (Å²) in [5, 5.41) is 8.58. The second kappa shape index (κ2) is 4.06. The molecule has 0 aliphatic rings. The summed E-state index contributed by atoms with van der Waals surface area (Å²) in [4.78, 5) is 12.6. The Morgan fingerprint density at radius 3 is 2.90 bits per heavy atom. The molecule has 0 saturated heterocycles. The quantitative estimate of drug-likeness (QED) is 0.553. The number of furan rings is 1. The van der Waals surface area contributed by atoms with Crippen LogP contribution in [0.15, 0.2) is 58.2 Å².